The van der Waals surface area contributed by atoms with E-state index in [9.17, 15) is 9.59 Å². The van der Waals surface area contributed by atoms with E-state index in [2.05, 4.69) is 31.4 Å². The number of rotatable bonds is 17. The summed E-state index contributed by atoms with van der Waals surface area (Å²) in [6.45, 7) is 8.56. The normalized spacial score (nSPS) is 12.2. The molecule has 0 saturated heterocycles. The number of amides is 2. The Bertz CT molecular complexity index is 356. The van der Waals surface area contributed by atoms with Gasteiger partial charge in [0, 0.05) is 13.5 Å². The Kier molecular flexibility index (Phi) is 16.7. The summed E-state index contributed by atoms with van der Waals surface area (Å²) >= 11 is 0. The first-order valence-electron chi connectivity index (χ1n) is 11.0. The molecule has 0 spiro atoms. The summed E-state index contributed by atoms with van der Waals surface area (Å²) in [6, 6.07) is -0.398. The minimum Gasteiger partial charge on any atom is -0.354 e. The van der Waals surface area contributed by atoms with Gasteiger partial charge >= 0.3 is 0 Å². The molecule has 0 aromatic rings. The van der Waals surface area contributed by atoms with Crippen LogP contribution in [0.5, 0.6) is 0 Å². The van der Waals surface area contributed by atoms with Gasteiger partial charge in [0.2, 0.25) is 11.8 Å². The van der Waals surface area contributed by atoms with E-state index in [1.165, 1.54) is 77.6 Å². The van der Waals surface area contributed by atoms with Gasteiger partial charge in [0.1, 0.15) is 6.04 Å². The van der Waals surface area contributed by atoms with Crippen LogP contribution >= 0.6 is 0 Å². The zero-order chi connectivity index (χ0) is 19.6. The van der Waals surface area contributed by atoms with Crippen LogP contribution in [0.15, 0.2) is 0 Å². The summed E-state index contributed by atoms with van der Waals surface area (Å²) in [5.41, 5.74) is 0. The van der Waals surface area contributed by atoms with Gasteiger partial charge in [-0.3, -0.25) is 9.59 Å². The summed E-state index contributed by atoms with van der Waals surface area (Å²) in [5, 5.41) is 5.73. The number of hydrogen-bond donors (Lipinski definition) is 2. The van der Waals surface area contributed by atoms with Crippen LogP contribution < -0.4 is 10.6 Å². The van der Waals surface area contributed by atoms with Gasteiger partial charge in [-0.05, 0) is 18.8 Å². The van der Waals surface area contributed by atoms with Crippen LogP contribution in [-0.2, 0) is 9.59 Å². The highest BCUT2D eigenvalue weighted by atomic mass is 16.2. The van der Waals surface area contributed by atoms with Gasteiger partial charge in [-0.15, -0.1) is 0 Å². The molecule has 26 heavy (non-hydrogen) atoms. The van der Waals surface area contributed by atoms with Gasteiger partial charge < -0.3 is 10.6 Å². The third-order valence-electron chi connectivity index (χ3n) is 4.73. The number of nitrogens with one attached hydrogen (secondary N) is 2. The second-order valence-corrected chi connectivity index (χ2v) is 8.06. The maximum absolute atomic E-state index is 12.2. The molecule has 0 fully saturated rings. The SMILES string of the molecule is CCCCCCCCCCCCCCNC(=O)[C@H](CC(C)C)NC(C)=O. The molecule has 0 bridgehead atoms. The van der Waals surface area contributed by atoms with Gasteiger partial charge in [-0.25, -0.2) is 0 Å². The molecule has 4 nitrogen and oxygen atoms in total. The Hall–Kier alpha value is -1.06. The average molecular weight is 369 g/mol. The molecule has 2 N–H and O–H groups in total. The molecule has 0 aromatic heterocycles. The van der Waals surface area contributed by atoms with E-state index in [1.54, 1.807) is 0 Å². The van der Waals surface area contributed by atoms with E-state index in [0.717, 1.165) is 6.42 Å². The van der Waals surface area contributed by atoms with Gasteiger partial charge in [0.05, 0.1) is 0 Å². The van der Waals surface area contributed by atoms with Crippen LogP contribution in [0, 0.1) is 5.92 Å². The van der Waals surface area contributed by atoms with Crippen molar-refractivity contribution in [3.05, 3.63) is 0 Å². The van der Waals surface area contributed by atoms with E-state index in [1.807, 2.05) is 0 Å². The highest BCUT2D eigenvalue weighted by Gasteiger charge is 2.19. The van der Waals surface area contributed by atoms with E-state index in [-0.39, 0.29) is 11.8 Å². The molecule has 0 rings (SSSR count). The molecular formula is C22H44N2O2. The monoisotopic (exact) mass is 368 g/mol. The molecule has 0 saturated carbocycles. The third kappa shape index (κ3) is 16.4. The van der Waals surface area contributed by atoms with Crippen molar-refractivity contribution in [2.24, 2.45) is 5.92 Å². The smallest absolute Gasteiger partial charge is 0.242 e. The predicted molar refractivity (Wildman–Crippen MR) is 111 cm³/mol. The van der Waals surface area contributed by atoms with Crippen molar-refractivity contribution >= 4 is 11.8 Å². The predicted octanol–water partition coefficient (Wildman–Crippen LogP) is 5.35. The number of hydrogen-bond acceptors (Lipinski definition) is 2. The second kappa shape index (κ2) is 17.4. The standard InChI is InChI=1S/C22H44N2O2/c1-5-6-7-8-9-10-11-12-13-14-15-16-17-23-22(26)21(18-19(2)3)24-20(4)25/h19,21H,5-18H2,1-4H3,(H,23,26)(H,24,25)/t21-/m0/s1. The maximum Gasteiger partial charge on any atom is 0.242 e. The largest absolute Gasteiger partial charge is 0.354 e. The van der Waals surface area contributed by atoms with Crippen LogP contribution in [0.1, 0.15) is 111 Å². The minimum atomic E-state index is -0.398. The molecule has 2 amide bonds. The van der Waals surface area contributed by atoms with Gasteiger partial charge in [0.15, 0.2) is 0 Å². The van der Waals surface area contributed by atoms with Crippen LogP contribution in [0.2, 0.25) is 0 Å². The van der Waals surface area contributed by atoms with E-state index < -0.39 is 6.04 Å². The molecule has 0 unspecified atom stereocenters. The van der Waals surface area contributed by atoms with E-state index >= 15 is 0 Å². The molecule has 4 heteroatoms. The Balaban J connectivity index is 3.55. The Morgan fingerprint density at radius 1 is 0.769 bits per heavy atom. The lowest BCUT2D eigenvalue weighted by Crippen LogP contribution is -2.46. The minimum absolute atomic E-state index is 0.0445. The van der Waals surface area contributed by atoms with E-state index in [0.29, 0.717) is 18.9 Å². The summed E-state index contributed by atoms with van der Waals surface area (Å²) < 4.78 is 0. The highest BCUT2D eigenvalue weighted by molar-refractivity contribution is 5.86. The zero-order valence-electron chi connectivity index (χ0n) is 17.9. The van der Waals surface area contributed by atoms with Crippen molar-refractivity contribution in [1.29, 1.82) is 0 Å². The summed E-state index contributed by atoms with van der Waals surface area (Å²) in [5.74, 6) is 0.192. The fraction of sp³-hybridized carbons (Fsp3) is 0.909. The average Bonchev–Trinajstić information content (AvgIpc) is 2.57. The first-order chi connectivity index (χ1) is 12.5. The van der Waals surface area contributed by atoms with Gasteiger partial charge in [0.25, 0.3) is 0 Å². The third-order valence-corrected chi connectivity index (χ3v) is 4.73. The Labute approximate surface area is 162 Å². The van der Waals surface area contributed by atoms with Crippen molar-refractivity contribution in [2.45, 2.75) is 117 Å². The summed E-state index contributed by atoms with van der Waals surface area (Å²) in [4.78, 5) is 23.4. The quantitative estimate of drug-likeness (QED) is 0.340. The lowest BCUT2D eigenvalue weighted by atomic mass is 10.0. The van der Waals surface area contributed by atoms with Gasteiger partial charge in [-0.1, -0.05) is 91.4 Å². The van der Waals surface area contributed by atoms with Crippen LogP contribution in [0.3, 0.4) is 0 Å². The zero-order valence-corrected chi connectivity index (χ0v) is 17.9. The second-order valence-electron chi connectivity index (χ2n) is 8.06. The molecule has 0 heterocycles. The summed E-state index contributed by atoms with van der Waals surface area (Å²) in [6.07, 6.45) is 16.5. The fourth-order valence-corrected chi connectivity index (χ4v) is 3.25. The highest BCUT2D eigenvalue weighted by Crippen LogP contribution is 2.11. The number of carbonyl (C=O) groups is 2. The van der Waals surface area contributed by atoms with Gasteiger partial charge in [-0.2, -0.15) is 0 Å². The molecule has 0 aliphatic carbocycles. The van der Waals surface area contributed by atoms with Crippen molar-refractivity contribution < 1.29 is 9.59 Å². The molecule has 0 aromatic carbocycles. The van der Waals surface area contributed by atoms with E-state index in [4.69, 9.17) is 0 Å². The van der Waals surface area contributed by atoms with Crippen molar-refractivity contribution in [3.8, 4) is 0 Å². The van der Waals surface area contributed by atoms with Crippen molar-refractivity contribution in [3.63, 3.8) is 0 Å². The molecule has 154 valence electrons. The van der Waals surface area contributed by atoms with Crippen LogP contribution in [-0.4, -0.2) is 24.4 Å². The van der Waals surface area contributed by atoms with Crippen molar-refractivity contribution in [1.82, 2.24) is 10.6 Å². The number of carbonyl (C=O) groups excluding carboxylic acids is 2. The first kappa shape index (κ1) is 24.9. The van der Waals surface area contributed by atoms with Crippen LogP contribution in [0.25, 0.3) is 0 Å². The first-order valence-corrected chi connectivity index (χ1v) is 11.0. The van der Waals surface area contributed by atoms with Crippen LogP contribution in [0.4, 0.5) is 0 Å². The molecule has 0 aliphatic heterocycles. The molecular weight excluding hydrogens is 324 g/mol. The lowest BCUT2D eigenvalue weighted by molar-refractivity contribution is -0.128. The molecule has 0 radical (unpaired) electrons. The molecule has 1 atom stereocenters. The maximum atomic E-state index is 12.2. The Morgan fingerprint density at radius 3 is 1.65 bits per heavy atom. The Morgan fingerprint density at radius 2 is 1.23 bits per heavy atom. The topological polar surface area (TPSA) is 58.2 Å². The molecule has 0 aliphatic rings. The van der Waals surface area contributed by atoms with Crippen molar-refractivity contribution in [2.75, 3.05) is 6.54 Å². The summed E-state index contributed by atoms with van der Waals surface area (Å²) in [7, 11) is 0. The fourth-order valence-electron chi connectivity index (χ4n) is 3.25. The lowest BCUT2D eigenvalue weighted by Gasteiger charge is -2.19. The number of unbranched alkanes of at least 4 members (excludes halogenated alkanes) is 11.